The first-order valence-electron chi connectivity index (χ1n) is 39.9. The van der Waals surface area contributed by atoms with Crippen LogP contribution in [0, 0.1) is 27.7 Å². The zero-order chi connectivity index (χ0) is 83.8. The molecule has 9 aromatic heterocycles. The topological polar surface area (TPSA) is 414 Å². The lowest BCUT2D eigenvalue weighted by Gasteiger charge is -2.30. The van der Waals surface area contributed by atoms with E-state index in [4.69, 9.17) is 35.0 Å². The summed E-state index contributed by atoms with van der Waals surface area (Å²) in [5.74, 6) is 5.15. The zero-order valence-electron chi connectivity index (χ0n) is 68.7. The summed E-state index contributed by atoms with van der Waals surface area (Å²) >= 11 is 0. The molecular formula is C82H100FN23O11. The largest absolute Gasteiger partial charge is 0.481 e. The average Bonchev–Trinajstić information content (AvgIpc) is 1.66. The fourth-order valence-electron chi connectivity index (χ4n) is 14.9. The number of nitrogens with one attached hydrogen (secondary N) is 2. The Hall–Kier alpha value is -12.5. The number of pyridine rings is 1. The van der Waals surface area contributed by atoms with Crippen molar-refractivity contribution in [3.63, 3.8) is 0 Å². The number of carbonyl (C=O) groups excluding carboxylic acids is 4. The molecule has 34 nitrogen and oxygen atoms in total. The number of hydrogen-bond acceptors (Lipinski definition) is 25. The van der Waals surface area contributed by atoms with Crippen LogP contribution in [0.5, 0.6) is 5.88 Å². The Morgan fingerprint density at radius 3 is 1.12 bits per heavy atom. The summed E-state index contributed by atoms with van der Waals surface area (Å²) in [6, 6.07) is 29.3. The van der Waals surface area contributed by atoms with Gasteiger partial charge in [0.25, 0.3) is 5.91 Å². The molecule has 4 saturated heterocycles. The zero-order valence-corrected chi connectivity index (χ0v) is 67.7. The van der Waals surface area contributed by atoms with Crippen LogP contribution < -0.4 is 21.1 Å². The molecule has 4 aromatic carbocycles. The van der Waals surface area contributed by atoms with Gasteiger partial charge >= 0.3 is 5.97 Å². The van der Waals surface area contributed by atoms with Crippen molar-refractivity contribution in [2.45, 2.75) is 129 Å². The van der Waals surface area contributed by atoms with E-state index in [1.54, 1.807) is 34.9 Å². The summed E-state index contributed by atoms with van der Waals surface area (Å²) in [6.45, 7) is 17.5. The number of ether oxygens (including phenoxy) is 1. The predicted octanol–water partition coefficient (Wildman–Crippen LogP) is 10.6. The van der Waals surface area contributed by atoms with Crippen LogP contribution >= 0.6 is 0 Å². The van der Waals surface area contributed by atoms with Crippen LogP contribution in [0.25, 0.3) is 89.2 Å². The van der Waals surface area contributed by atoms with Gasteiger partial charge in [0.15, 0.2) is 0 Å². The molecule has 4 aliphatic rings. The van der Waals surface area contributed by atoms with Gasteiger partial charge in [-0.25, -0.2) is 4.98 Å². The summed E-state index contributed by atoms with van der Waals surface area (Å²) in [4.78, 5) is 85.8. The minimum atomic E-state index is -1.00. The van der Waals surface area contributed by atoms with E-state index in [1.165, 1.54) is 7.11 Å². The molecule has 0 aliphatic carbocycles. The normalized spacial score (nSPS) is 14.9. The van der Waals surface area contributed by atoms with Gasteiger partial charge in [0.2, 0.25) is 70.5 Å². The number of aromatic nitrogens is 17. The molecule has 0 unspecified atom stereocenters. The van der Waals surface area contributed by atoms with Crippen molar-refractivity contribution >= 4 is 73.2 Å². The molecule has 4 amide bonds. The van der Waals surface area contributed by atoms with E-state index in [2.05, 4.69) is 94.8 Å². The van der Waals surface area contributed by atoms with Crippen LogP contribution in [0.15, 0.2) is 109 Å². The van der Waals surface area contributed by atoms with Gasteiger partial charge in [-0.3, -0.25) is 47.1 Å². The maximum Gasteiger partial charge on any atom is 0.303 e. The summed E-state index contributed by atoms with van der Waals surface area (Å²) in [5.41, 5.74) is 17.5. The lowest BCUT2D eigenvalue weighted by molar-refractivity contribution is -0.136. The number of piperidine rings is 4. The molecule has 0 radical (unpaired) electrons. The van der Waals surface area contributed by atoms with Gasteiger partial charge in [-0.15, -0.1) is 0 Å². The Kier molecular flexibility index (Phi) is 27.0. The molecule has 13 heterocycles. The number of nitrogens with two attached hydrogens (primary N) is 1. The lowest BCUT2D eigenvalue weighted by atomic mass is 9.96. The lowest BCUT2D eigenvalue weighted by Crippen LogP contribution is -2.43. The number of carbonyl (C=O) groups is 5. The molecule has 0 bridgehead atoms. The third-order valence-corrected chi connectivity index (χ3v) is 21.6. The second kappa shape index (κ2) is 38.3. The van der Waals surface area contributed by atoms with Crippen molar-refractivity contribution in [2.75, 3.05) is 79.7 Å². The van der Waals surface area contributed by atoms with Gasteiger partial charge in [0.1, 0.15) is 5.69 Å². The van der Waals surface area contributed by atoms with Crippen LogP contribution in [-0.4, -0.2) is 214 Å². The van der Waals surface area contributed by atoms with E-state index in [-0.39, 0.29) is 60.7 Å². The molecule has 117 heavy (non-hydrogen) atoms. The first kappa shape index (κ1) is 82.5. The number of aryl methyl sites for hydroxylation is 8. The second-order valence-electron chi connectivity index (χ2n) is 29.1. The van der Waals surface area contributed by atoms with Crippen molar-refractivity contribution in [3.8, 4) is 51.4 Å². The molecule has 35 heteroatoms. The van der Waals surface area contributed by atoms with Crippen LogP contribution in [0.2, 0.25) is 0 Å². The average molecular weight is 1600 g/mol. The van der Waals surface area contributed by atoms with Crippen molar-refractivity contribution in [3.05, 3.63) is 143 Å². The van der Waals surface area contributed by atoms with Crippen molar-refractivity contribution in [1.29, 1.82) is 0 Å². The van der Waals surface area contributed by atoms with Crippen molar-refractivity contribution in [1.82, 2.24) is 110 Å². The van der Waals surface area contributed by atoms with E-state index in [0.717, 1.165) is 159 Å². The highest BCUT2D eigenvalue weighted by molar-refractivity contribution is 5.95. The Balaban J connectivity index is 0.000000142. The number of likely N-dealkylation sites (tertiary alicyclic amines) is 3. The van der Waals surface area contributed by atoms with Gasteiger partial charge in [0, 0.05) is 154 Å². The van der Waals surface area contributed by atoms with Gasteiger partial charge < -0.3 is 59.0 Å². The van der Waals surface area contributed by atoms with Gasteiger partial charge in [-0.2, -0.15) is 40.3 Å². The number of fused-ring (bicyclic) bond motifs is 4. The SMILES string of the molecule is CCC(=O)N1CCC(c2nc(-c3ccc4c(C)nn(C)c4c3)no2)CC1.CCC(=O)O.COc1cccc(C(=O)NCC(=O)N2CCC(c3nc(-c4ccc5c(C)nn(C)c5c4)no3)CC2)n1.Cc1nn(C)c2cc(-c3noc(C4CCN(C(=O)CN)CC4)n3)ccc12.Cc1nn(C)c2cc(-c3noc(C4CCNCC4)n3)ccc12.[2H]CF. The predicted molar refractivity (Wildman–Crippen MR) is 433 cm³/mol. The van der Waals surface area contributed by atoms with E-state index < -0.39 is 19.0 Å². The second-order valence-corrected chi connectivity index (χ2v) is 29.1. The van der Waals surface area contributed by atoms with Gasteiger partial charge in [-0.05, 0) is 122 Å². The third kappa shape index (κ3) is 19.7. The first-order valence-corrected chi connectivity index (χ1v) is 39.2. The summed E-state index contributed by atoms with van der Waals surface area (Å²) < 4.78 is 50.1. The maximum absolute atomic E-state index is 12.6. The first-order chi connectivity index (χ1) is 57.0. The minimum absolute atomic E-state index is 0.00515. The molecule has 13 aromatic rings. The summed E-state index contributed by atoms with van der Waals surface area (Å²) in [7, 11) is 8.21. The highest BCUT2D eigenvalue weighted by atomic mass is 19.1. The molecule has 4 aliphatic heterocycles. The molecule has 4 fully saturated rings. The smallest absolute Gasteiger partial charge is 0.303 e. The van der Waals surface area contributed by atoms with E-state index >= 15 is 0 Å². The van der Waals surface area contributed by atoms with E-state index in [9.17, 15) is 28.4 Å². The Morgan fingerprint density at radius 2 is 0.812 bits per heavy atom. The van der Waals surface area contributed by atoms with Gasteiger partial charge in [0.05, 0.1) is 73.6 Å². The highest BCUT2D eigenvalue weighted by Gasteiger charge is 2.32. The number of nitrogens with zero attached hydrogens (tertiary/aromatic N) is 20. The highest BCUT2D eigenvalue weighted by Crippen LogP contribution is 2.35. The third-order valence-electron chi connectivity index (χ3n) is 21.6. The quantitative estimate of drug-likeness (QED) is 0.0740. The number of methoxy groups -OCH3 is 1. The fourth-order valence-corrected chi connectivity index (χ4v) is 14.9. The van der Waals surface area contributed by atoms with Crippen LogP contribution in [0.3, 0.4) is 0 Å². The Bertz CT molecular complexity index is 5480. The number of aliphatic carboxylic acids is 1. The molecule has 5 N–H and O–H groups in total. The molecule has 0 atom stereocenters. The van der Waals surface area contributed by atoms with E-state index in [1.807, 2.05) is 141 Å². The fraction of sp³-hybridized carbons (Fsp3) is 0.439. The number of carboxylic acids is 1. The standard InChI is InChI=1S/C25H27N7O4.C19H23N5O2.C18H22N6O2.C16H19N5O.C3H6O2.CH3F/c1-15-18-8-7-17(13-20(18)31(2)29-15)23-28-25(36-30-23)16-9-11-32(12-10-16)22(33)14-26-24(34)19-5-4-6-21(27-19)35-3;1-4-17(25)24-9-7-13(8-10-24)19-20-18(22-26-19)14-5-6-15-12(2)21-23(3)16(15)11-14;1-11-14-4-3-13(9-15(14)23(2)21-11)17-20-18(26-22-17)12-5-7-24(8-6-12)16(25)10-19;1-10-13-4-3-12(9-14(13)21(2)19-10)15-18-16(22-20-15)11-5-7-17-8-6-11;1-2-3(4)5;1-2/h4-8,13,16H,9-12,14H2,1-3H3,(H,26,34);5-6,11,13H,4,7-10H2,1-3H3;3-4,9,12H,5-8,10,19H2,1-2H3;3-4,9,11,17H,5-8H2,1-2H3;2H2,1H3,(H,4,5);1H3/i;;;;;1D. The van der Waals surface area contributed by atoms with Gasteiger partial charge in [-0.1, -0.05) is 89.1 Å². The molecule has 616 valence electrons. The van der Waals surface area contributed by atoms with Crippen LogP contribution in [0.4, 0.5) is 4.39 Å². The number of halogens is 1. The number of carboxylic acid groups (broad SMARTS) is 1. The summed E-state index contributed by atoms with van der Waals surface area (Å²) in [5, 5.41) is 52.7. The number of rotatable bonds is 15. The van der Waals surface area contributed by atoms with Crippen molar-refractivity contribution < 1.29 is 57.7 Å². The molecular weight excluding hydrogens is 1500 g/mol. The molecule has 0 spiro atoms. The molecule has 17 rings (SSSR count). The monoisotopic (exact) mass is 1600 g/mol. The molecule has 0 saturated carbocycles. The van der Waals surface area contributed by atoms with Crippen LogP contribution in [0.1, 0.15) is 160 Å². The van der Waals surface area contributed by atoms with Crippen molar-refractivity contribution in [2.24, 2.45) is 33.9 Å². The van der Waals surface area contributed by atoms with Crippen LogP contribution in [-0.2, 0) is 47.4 Å². The van der Waals surface area contributed by atoms with E-state index in [0.29, 0.717) is 98.2 Å². The number of hydrogen-bond donors (Lipinski definition) is 4. The Morgan fingerprint density at radius 1 is 0.496 bits per heavy atom. The number of benzene rings is 4. The summed E-state index contributed by atoms with van der Waals surface area (Å²) in [6.07, 6.45) is 7.67. The number of amides is 4. The maximum atomic E-state index is 12.6. The Labute approximate surface area is 675 Å². The number of alkyl halides is 1. The minimum Gasteiger partial charge on any atom is -0.481 e.